The molecule has 0 aliphatic carbocycles. The van der Waals surface area contributed by atoms with Crippen molar-refractivity contribution in [2.45, 2.75) is 40.0 Å². The first-order valence-electron chi connectivity index (χ1n) is 6.02. The highest BCUT2D eigenvalue weighted by atomic mass is 32.2. The second-order valence-corrected chi connectivity index (χ2v) is 5.34. The summed E-state index contributed by atoms with van der Waals surface area (Å²) < 4.78 is 27.6. The van der Waals surface area contributed by atoms with Crippen LogP contribution >= 0.6 is 0 Å². The van der Waals surface area contributed by atoms with Gasteiger partial charge in [0.25, 0.3) is 10.1 Å². The van der Waals surface area contributed by atoms with E-state index in [2.05, 4.69) is 24.7 Å². The van der Waals surface area contributed by atoms with E-state index in [1.165, 1.54) is 12.8 Å². The van der Waals surface area contributed by atoms with Gasteiger partial charge in [-0.2, -0.15) is 8.42 Å². The quantitative estimate of drug-likeness (QED) is 0.564. The van der Waals surface area contributed by atoms with Crippen LogP contribution in [-0.2, 0) is 10.1 Å². The van der Waals surface area contributed by atoms with E-state index in [4.69, 9.17) is 11.0 Å². The molecule has 0 aliphatic rings. The minimum Gasteiger partial charge on any atom is -0.292 e. The lowest BCUT2D eigenvalue weighted by Crippen LogP contribution is -2.25. The van der Waals surface area contributed by atoms with Crippen LogP contribution in [0.1, 0.15) is 40.0 Å². The summed E-state index contributed by atoms with van der Waals surface area (Å²) in [5.74, 6) is 2.53. The van der Waals surface area contributed by atoms with Gasteiger partial charge in [0.05, 0.1) is 12.3 Å². The molecule has 0 aromatic carbocycles. The summed E-state index contributed by atoms with van der Waals surface area (Å²) in [6.07, 6.45) is 8.06. The molecular formula is C12H25NO3S. The van der Waals surface area contributed by atoms with Crippen LogP contribution in [0.3, 0.4) is 0 Å². The monoisotopic (exact) mass is 263 g/mol. The second-order valence-electron chi connectivity index (χ2n) is 3.77. The Balaban J connectivity index is 0. The van der Waals surface area contributed by atoms with Crippen molar-refractivity contribution in [3.63, 3.8) is 0 Å². The van der Waals surface area contributed by atoms with E-state index in [0.29, 0.717) is 6.42 Å². The van der Waals surface area contributed by atoms with Crippen LogP contribution in [0, 0.1) is 12.3 Å². The first kappa shape index (κ1) is 18.8. The van der Waals surface area contributed by atoms with Gasteiger partial charge in [0.1, 0.15) is 0 Å². The molecule has 0 saturated heterocycles. The van der Waals surface area contributed by atoms with Crippen LogP contribution in [0.25, 0.3) is 0 Å². The lowest BCUT2D eigenvalue weighted by Gasteiger charge is -2.16. The fourth-order valence-corrected chi connectivity index (χ4v) is 1.81. The van der Waals surface area contributed by atoms with Crippen LogP contribution in [0.5, 0.6) is 0 Å². The van der Waals surface area contributed by atoms with Crippen LogP contribution in [-0.4, -0.2) is 43.3 Å². The molecule has 4 nitrogen and oxygen atoms in total. The molecule has 0 heterocycles. The highest BCUT2D eigenvalue weighted by molar-refractivity contribution is 7.85. The van der Waals surface area contributed by atoms with Gasteiger partial charge in [0.2, 0.25) is 0 Å². The van der Waals surface area contributed by atoms with Crippen LogP contribution in [0.15, 0.2) is 0 Å². The maximum Gasteiger partial charge on any atom is 0.264 e. The van der Waals surface area contributed by atoms with E-state index in [1.807, 2.05) is 0 Å². The lowest BCUT2D eigenvalue weighted by molar-refractivity contribution is 0.308. The Hall–Kier alpha value is -0.570. The molecule has 5 heteroatoms. The van der Waals surface area contributed by atoms with Crippen molar-refractivity contribution >= 4 is 10.1 Å². The van der Waals surface area contributed by atoms with Crippen molar-refractivity contribution in [3.05, 3.63) is 0 Å². The lowest BCUT2D eigenvalue weighted by atomic mass is 10.3. The molecule has 0 amide bonds. The van der Waals surface area contributed by atoms with E-state index in [-0.39, 0.29) is 5.75 Å². The Kier molecular flexibility index (Phi) is 13.2. The molecule has 0 fully saturated rings. The van der Waals surface area contributed by atoms with Crippen LogP contribution in [0.2, 0.25) is 0 Å². The third-order valence-corrected chi connectivity index (χ3v) is 2.78. The Morgan fingerprint density at radius 3 is 1.76 bits per heavy atom. The molecule has 0 spiro atoms. The van der Waals surface area contributed by atoms with E-state index in [1.54, 1.807) is 6.92 Å². The third kappa shape index (κ3) is 18.0. The van der Waals surface area contributed by atoms with Crippen molar-refractivity contribution < 1.29 is 13.0 Å². The summed E-state index contributed by atoms with van der Waals surface area (Å²) in [5.41, 5.74) is 0. The summed E-state index contributed by atoms with van der Waals surface area (Å²) in [6.45, 7) is 9.13. The molecule has 17 heavy (non-hydrogen) atoms. The van der Waals surface area contributed by atoms with Gasteiger partial charge in [0.15, 0.2) is 0 Å². The number of hydrogen-bond donors (Lipinski definition) is 1. The summed E-state index contributed by atoms with van der Waals surface area (Å²) in [7, 11) is -3.67. The van der Waals surface area contributed by atoms with Gasteiger partial charge in [-0.25, -0.2) is 0 Å². The molecular weight excluding hydrogens is 238 g/mol. The third-order valence-electron chi connectivity index (χ3n) is 1.86. The van der Waals surface area contributed by atoms with Crippen molar-refractivity contribution in [2.75, 3.05) is 25.4 Å². The summed E-state index contributed by atoms with van der Waals surface area (Å²) >= 11 is 0. The molecule has 0 radical (unpaired) electrons. The topological polar surface area (TPSA) is 57.6 Å². The van der Waals surface area contributed by atoms with Crippen molar-refractivity contribution in [3.8, 4) is 12.3 Å². The molecule has 0 atom stereocenters. The van der Waals surface area contributed by atoms with Crippen molar-refractivity contribution in [1.29, 1.82) is 0 Å². The first-order chi connectivity index (χ1) is 7.91. The predicted octanol–water partition coefficient (Wildman–Crippen LogP) is 2.03. The second kappa shape index (κ2) is 11.9. The zero-order chi connectivity index (χ0) is 13.7. The molecule has 102 valence electrons. The molecule has 0 aromatic rings. The highest BCUT2D eigenvalue weighted by Gasteiger charge is 1.98. The highest BCUT2D eigenvalue weighted by Crippen LogP contribution is 1.91. The predicted molar refractivity (Wildman–Crippen MR) is 72.6 cm³/mol. The number of terminal acetylenes is 1. The van der Waals surface area contributed by atoms with Gasteiger partial charge in [-0.05, 0) is 32.4 Å². The molecule has 0 rings (SSSR count). The van der Waals surface area contributed by atoms with Gasteiger partial charge in [-0.3, -0.25) is 9.45 Å². The van der Waals surface area contributed by atoms with Gasteiger partial charge in [-0.1, -0.05) is 26.7 Å². The maximum atomic E-state index is 9.79. The minimum atomic E-state index is -3.67. The van der Waals surface area contributed by atoms with Gasteiger partial charge in [0, 0.05) is 0 Å². The zero-order valence-corrected chi connectivity index (χ0v) is 12.0. The summed E-state index contributed by atoms with van der Waals surface area (Å²) in [5, 5.41) is 0. The smallest absolute Gasteiger partial charge is 0.264 e. The zero-order valence-electron chi connectivity index (χ0n) is 11.1. The standard InChI is InChI=1S/C9H17N.C3H8O3S/c1-4-7-10(8-5-2)9-6-3;1-2-3-7(4,5)6/h1H,5-9H2,2-3H3;2-3H2,1H3,(H,4,5,6). The van der Waals surface area contributed by atoms with Gasteiger partial charge < -0.3 is 0 Å². The average Bonchev–Trinajstić information content (AvgIpc) is 2.18. The van der Waals surface area contributed by atoms with Crippen molar-refractivity contribution in [1.82, 2.24) is 4.90 Å². The number of rotatable bonds is 7. The molecule has 0 saturated carbocycles. The average molecular weight is 263 g/mol. The summed E-state index contributed by atoms with van der Waals surface area (Å²) in [6, 6.07) is 0. The van der Waals surface area contributed by atoms with E-state index < -0.39 is 10.1 Å². The largest absolute Gasteiger partial charge is 0.292 e. The van der Waals surface area contributed by atoms with E-state index >= 15 is 0 Å². The fraction of sp³-hybridized carbons (Fsp3) is 0.833. The van der Waals surface area contributed by atoms with Gasteiger partial charge in [-0.15, -0.1) is 6.42 Å². The van der Waals surface area contributed by atoms with E-state index in [0.717, 1.165) is 19.6 Å². The van der Waals surface area contributed by atoms with E-state index in [9.17, 15) is 8.42 Å². The SMILES string of the molecule is C#CCN(CCC)CCC.CCCS(=O)(=O)O. The minimum absolute atomic E-state index is 0.132. The fourth-order valence-electron chi connectivity index (χ4n) is 1.29. The van der Waals surface area contributed by atoms with Crippen molar-refractivity contribution in [2.24, 2.45) is 0 Å². The Morgan fingerprint density at radius 2 is 1.59 bits per heavy atom. The molecule has 0 bridgehead atoms. The Morgan fingerprint density at radius 1 is 1.12 bits per heavy atom. The Bertz CT molecular complexity index is 287. The van der Waals surface area contributed by atoms with Crippen LogP contribution < -0.4 is 0 Å². The number of nitrogens with zero attached hydrogens (tertiary/aromatic N) is 1. The molecule has 0 aromatic heterocycles. The maximum absolute atomic E-state index is 9.79. The Labute approximate surface area is 106 Å². The molecule has 1 N–H and O–H groups in total. The molecule has 0 unspecified atom stereocenters. The molecule has 0 aliphatic heterocycles. The van der Waals surface area contributed by atoms with Gasteiger partial charge >= 0.3 is 0 Å². The first-order valence-corrected chi connectivity index (χ1v) is 7.63. The summed E-state index contributed by atoms with van der Waals surface area (Å²) in [4.78, 5) is 2.31. The normalized spacial score (nSPS) is 10.6. The number of hydrogen-bond acceptors (Lipinski definition) is 3. The van der Waals surface area contributed by atoms with Crippen LogP contribution in [0.4, 0.5) is 0 Å².